The summed E-state index contributed by atoms with van der Waals surface area (Å²) in [5, 5.41) is 1.88. The van der Waals surface area contributed by atoms with E-state index < -0.39 is 5.54 Å². The van der Waals surface area contributed by atoms with Crippen LogP contribution in [-0.4, -0.2) is 4.98 Å². The number of aromatic nitrogens is 1. The normalized spacial score (nSPS) is 14.0. The first kappa shape index (κ1) is 14.1. The SMILES string of the molecule is CC(N)(Cc1ccnc2ccccc12)c1ccc(Cl)cc1. The Kier molecular flexibility index (Phi) is 3.66. The molecule has 0 amide bonds. The zero-order chi connectivity index (χ0) is 14.9. The number of benzene rings is 2. The number of rotatable bonds is 3. The Morgan fingerprint density at radius 2 is 1.76 bits per heavy atom. The van der Waals surface area contributed by atoms with Gasteiger partial charge in [0.25, 0.3) is 0 Å². The van der Waals surface area contributed by atoms with Crippen LogP contribution in [0.3, 0.4) is 0 Å². The average molecular weight is 297 g/mol. The Balaban J connectivity index is 1.99. The fourth-order valence-corrected chi connectivity index (χ4v) is 2.76. The summed E-state index contributed by atoms with van der Waals surface area (Å²) in [4.78, 5) is 4.40. The van der Waals surface area contributed by atoms with Crippen molar-refractivity contribution in [1.82, 2.24) is 4.98 Å². The number of pyridine rings is 1. The van der Waals surface area contributed by atoms with Gasteiger partial charge < -0.3 is 5.73 Å². The molecule has 3 aromatic rings. The van der Waals surface area contributed by atoms with Gasteiger partial charge in [0.2, 0.25) is 0 Å². The number of hydrogen-bond acceptors (Lipinski definition) is 2. The van der Waals surface area contributed by atoms with Crippen molar-refractivity contribution in [2.24, 2.45) is 5.73 Å². The highest BCUT2D eigenvalue weighted by Gasteiger charge is 2.22. The van der Waals surface area contributed by atoms with Crippen LogP contribution < -0.4 is 5.73 Å². The first-order chi connectivity index (χ1) is 10.1. The number of nitrogens with two attached hydrogens (primary N) is 1. The third-order valence-corrected chi connectivity index (χ3v) is 4.05. The minimum atomic E-state index is -0.450. The standard InChI is InChI=1S/C18H17ClN2/c1-18(20,14-6-8-15(19)9-7-14)12-13-10-11-21-17-5-3-2-4-16(13)17/h2-11H,12,20H2,1H3. The Bertz CT molecular complexity index is 758. The van der Waals surface area contributed by atoms with Crippen molar-refractivity contribution >= 4 is 22.5 Å². The monoisotopic (exact) mass is 296 g/mol. The van der Waals surface area contributed by atoms with Crippen LogP contribution in [0.1, 0.15) is 18.1 Å². The summed E-state index contributed by atoms with van der Waals surface area (Å²) >= 11 is 5.95. The first-order valence-electron chi connectivity index (χ1n) is 6.94. The van der Waals surface area contributed by atoms with Crippen LogP contribution in [0.4, 0.5) is 0 Å². The van der Waals surface area contributed by atoms with Gasteiger partial charge in [-0.1, -0.05) is 41.9 Å². The molecule has 106 valence electrons. The minimum absolute atomic E-state index is 0.450. The predicted molar refractivity (Wildman–Crippen MR) is 88.4 cm³/mol. The summed E-state index contributed by atoms with van der Waals surface area (Å²) in [7, 11) is 0. The van der Waals surface area contributed by atoms with Gasteiger partial charge >= 0.3 is 0 Å². The average Bonchev–Trinajstić information content (AvgIpc) is 2.48. The van der Waals surface area contributed by atoms with Crippen LogP contribution >= 0.6 is 11.6 Å². The lowest BCUT2D eigenvalue weighted by atomic mass is 9.86. The number of para-hydroxylation sites is 1. The van der Waals surface area contributed by atoms with Crippen molar-refractivity contribution in [3.63, 3.8) is 0 Å². The van der Waals surface area contributed by atoms with E-state index in [4.69, 9.17) is 17.3 Å². The molecule has 21 heavy (non-hydrogen) atoms. The van der Waals surface area contributed by atoms with Gasteiger partial charge in [-0.15, -0.1) is 0 Å². The highest BCUT2D eigenvalue weighted by molar-refractivity contribution is 6.30. The molecule has 0 radical (unpaired) electrons. The summed E-state index contributed by atoms with van der Waals surface area (Å²) in [6.07, 6.45) is 2.59. The highest BCUT2D eigenvalue weighted by atomic mass is 35.5. The number of nitrogens with zero attached hydrogens (tertiary/aromatic N) is 1. The molecular weight excluding hydrogens is 280 g/mol. The maximum Gasteiger partial charge on any atom is 0.0704 e. The highest BCUT2D eigenvalue weighted by Crippen LogP contribution is 2.27. The van der Waals surface area contributed by atoms with Crippen molar-refractivity contribution in [3.8, 4) is 0 Å². The first-order valence-corrected chi connectivity index (χ1v) is 7.32. The molecule has 2 aromatic carbocycles. The summed E-state index contributed by atoms with van der Waals surface area (Å²) in [6.45, 7) is 2.05. The zero-order valence-electron chi connectivity index (χ0n) is 11.9. The smallest absolute Gasteiger partial charge is 0.0704 e. The molecule has 0 saturated heterocycles. The minimum Gasteiger partial charge on any atom is -0.321 e. The van der Waals surface area contributed by atoms with Gasteiger partial charge in [0, 0.05) is 22.1 Å². The van der Waals surface area contributed by atoms with Crippen LogP contribution in [0.25, 0.3) is 10.9 Å². The summed E-state index contributed by atoms with van der Waals surface area (Å²) in [6, 6.07) is 17.9. The molecule has 1 aromatic heterocycles. The lowest BCUT2D eigenvalue weighted by molar-refractivity contribution is 0.493. The lowest BCUT2D eigenvalue weighted by Gasteiger charge is -2.26. The van der Waals surface area contributed by atoms with Gasteiger partial charge in [-0.2, -0.15) is 0 Å². The molecule has 0 aliphatic heterocycles. The molecular formula is C18H17ClN2. The van der Waals surface area contributed by atoms with E-state index >= 15 is 0 Å². The Hall–Kier alpha value is -1.90. The topological polar surface area (TPSA) is 38.9 Å². The summed E-state index contributed by atoms with van der Waals surface area (Å²) in [5.74, 6) is 0. The van der Waals surface area contributed by atoms with E-state index in [-0.39, 0.29) is 0 Å². The Labute approximate surface area is 129 Å². The molecule has 1 heterocycles. The van der Waals surface area contributed by atoms with E-state index in [1.54, 1.807) is 0 Å². The predicted octanol–water partition coefficient (Wildman–Crippen LogP) is 4.30. The van der Waals surface area contributed by atoms with E-state index in [1.807, 2.05) is 61.7 Å². The lowest BCUT2D eigenvalue weighted by Crippen LogP contribution is -2.35. The van der Waals surface area contributed by atoms with Gasteiger partial charge in [0.1, 0.15) is 0 Å². The Morgan fingerprint density at radius 3 is 2.52 bits per heavy atom. The van der Waals surface area contributed by atoms with Gasteiger partial charge in [-0.05, 0) is 48.7 Å². The van der Waals surface area contributed by atoms with Gasteiger partial charge in [-0.25, -0.2) is 0 Å². The van der Waals surface area contributed by atoms with Crippen LogP contribution in [-0.2, 0) is 12.0 Å². The molecule has 1 unspecified atom stereocenters. The molecule has 0 bridgehead atoms. The molecule has 0 aliphatic rings. The third-order valence-electron chi connectivity index (χ3n) is 3.80. The summed E-state index contributed by atoms with van der Waals surface area (Å²) < 4.78 is 0. The molecule has 3 rings (SSSR count). The van der Waals surface area contributed by atoms with Crippen molar-refractivity contribution in [1.29, 1.82) is 0 Å². The van der Waals surface area contributed by atoms with Crippen molar-refractivity contribution in [3.05, 3.63) is 76.9 Å². The van der Waals surface area contributed by atoms with Gasteiger partial charge in [0.05, 0.1) is 5.52 Å². The van der Waals surface area contributed by atoms with E-state index in [0.29, 0.717) is 0 Å². The quantitative estimate of drug-likeness (QED) is 0.782. The number of fused-ring (bicyclic) bond motifs is 1. The Morgan fingerprint density at radius 1 is 1.05 bits per heavy atom. The van der Waals surface area contributed by atoms with Crippen LogP contribution in [0.2, 0.25) is 5.02 Å². The largest absolute Gasteiger partial charge is 0.321 e. The van der Waals surface area contributed by atoms with Gasteiger partial charge in [-0.3, -0.25) is 4.98 Å². The van der Waals surface area contributed by atoms with Crippen LogP contribution in [0.15, 0.2) is 60.8 Å². The molecule has 0 aliphatic carbocycles. The van der Waals surface area contributed by atoms with Crippen LogP contribution in [0.5, 0.6) is 0 Å². The van der Waals surface area contributed by atoms with Crippen molar-refractivity contribution in [2.75, 3.05) is 0 Å². The third kappa shape index (κ3) is 2.92. The van der Waals surface area contributed by atoms with E-state index in [9.17, 15) is 0 Å². The number of hydrogen-bond donors (Lipinski definition) is 1. The maximum absolute atomic E-state index is 6.55. The van der Waals surface area contributed by atoms with Crippen LogP contribution in [0, 0.1) is 0 Å². The molecule has 3 heteroatoms. The van der Waals surface area contributed by atoms with E-state index in [0.717, 1.165) is 27.9 Å². The molecule has 0 fully saturated rings. The maximum atomic E-state index is 6.55. The van der Waals surface area contributed by atoms with E-state index in [1.165, 1.54) is 5.56 Å². The molecule has 1 atom stereocenters. The van der Waals surface area contributed by atoms with E-state index in [2.05, 4.69) is 11.1 Å². The number of halogens is 1. The van der Waals surface area contributed by atoms with Gasteiger partial charge in [0.15, 0.2) is 0 Å². The second-order valence-corrected chi connectivity index (χ2v) is 6.02. The second-order valence-electron chi connectivity index (χ2n) is 5.59. The molecule has 2 nitrogen and oxygen atoms in total. The summed E-state index contributed by atoms with van der Waals surface area (Å²) in [5.41, 5.74) is 9.39. The second kappa shape index (κ2) is 5.47. The van der Waals surface area contributed by atoms with Crippen molar-refractivity contribution < 1.29 is 0 Å². The fraction of sp³-hybridized carbons (Fsp3) is 0.167. The molecule has 0 spiro atoms. The fourth-order valence-electron chi connectivity index (χ4n) is 2.64. The zero-order valence-corrected chi connectivity index (χ0v) is 12.6. The molecule has 2 N–H and O–H groups in total. The van der Waals surface area contributed by atoms with Crippen molar-refractivity contribution in [2.45, 2.75) is 18.9 Å². The molecule has 0 saturated carbocycles.